The van der Waals surface area contributed by atoms with Crippen LogP contribution in [0.1, 0.15) is 31.9 Å². The molecule has 0 heterocycles. The molecule has 0 saturated heterocycles. The van der Waals surface area contributed by atoms with E-state index in [-0.39, 0.29) is 22.1 Å². The van der Waals surface area contributed by atoms with Gasteiger partial charge in [-0.05, 0) is 31.4 Å². The maximum Gasteiger partial charge on any atom is 0.272 e. The number of aryl methyl sites for hydroxylation is 1. The van der Waals surface area contributed by atoms with Crippen molar-refractivity contribution in [3.05, 3.63) is 39.4 Å². The summed E-state index contributed by atoms with van der Waals surface area (Å²) in [7, 11) is 1.90. The minimum Gasteiger partial charge on any atom is -0.316 e. The molecule has 1 N–H and O–H groups in total. The Morgan fingerprint density at radius 1 is 1.39 bits per heavy atom. The second-order valence-corrected chi connectivity index (χ2v) is 5.74. The van der Waals surface area contributed by atoms with Crippen molar-refractivity contribution in [2.24, 2.45) is 5.41 Å². The summed E-state index contributed by atoms with van der Waals surface area (Å²) in [5, 5.41) is 14.3. The van der Waals surface area contributed by atoms with E-state index in [1.807, 2.05) is 20.0 Å². The van der Waals surface area contributed by atoms with Gasteiger partial charge < -0.3 is 5.32 Å². The van der Waals surface area contributed by atoms with E-state index in [4.69, 9.17) is 0 Å². The lowest BCUT2D eigenvalue weighted by atomic mass is 9.82. The zero-order valence-corrected chi connectivity index (χ0v) is 11.8. The second kappa shape index (κ2) is 5.48. The van der Waals surface area contributed by atoms with Crippen molar-refractivity contribution in [3.8, 4) is 0 Å². The molecule has 1 unspecified atom stereocenters. The quantitative estimate of drug-likeness (QED) is 0.660. The zero-order chi connectivity index (χ0) is 13.9. The van der Waals surface area contributed by atoms with Gasteiger partial charge in [-0.1, -0.05) is 32.9 Å². The smallest absolute Gasteiger partial charge is 0.272 e. The maximum absolute atomic E-state index is 11.1. The summed E-state index contributed by atoms with van der Waals surface area (Å²) >= 11 is 0. The third-order valence-electron chi connectivity index (χ3n) is 3.38. The van der Waals surface area contributed by atoms with Crippen molar-refractivity contribution in [1.82, 2.24) is 5.32 Å². The summed E-state index contributed by atoms with van der Waals surface area (Å²) in [4.78, 5) is 10.8. The van der Waals surface area contributed by atoms with Crippen LogP contribution in [0.5, 0.6) is 0 Å². The Hall–Kier alpha value is -1.42. The molecule has 1 aromatic carbocycles. The average Bonchev–Trinajstić information content (AvgIpc) is 2.25. The maximum atomic E-state index is 11.1. The van der Waals surface area contributed by atoms with Crippen LogP contribution in [0.4, 0.5) is 5.69 Å². The fraction of sp³-hybridized carbons (Fsp3) is 0.571. The number of nitrogens with zero attached hydrogens (tertiary/aromatic N) is 1. The number of hydrogen-bond donors (Lipinski definition) is 1. The van der Waals surface area contributed by atoms with Crippen molar-refractivity contribution >= 4 is 5.69 Å². The van der Waals surface area contributed by atoms with Crippen molar-refractivity contribution in [2.45, 2.75) is 40.2 Å². The van der Waals surface area contributed by atoms with Crippen LogP contribution in [0.25, 0.3) is 0 Å². The molecule has 0 aliphatic heterocycles. The molecule has 0 bridgehead atoms. The minimum atomic E-state index is -0.294. The summed E-state index contributed by atoms with van der Waals surface area (Å²) in [5.41, 5.74) is 2.09. The van der Waals surface area contributed by atoms with Gasteiger partial charge in [-0.15, -0.1) is 0 Å². The van der Waals surface area contributed by atoms with Gasteiger partial charge in [0.05, 0.1) is 4.92 Å². The Kier molecular flexibility index (Phi) is 4.46. The van der Waals surface area contributed by atoms with Crippen molar-refractivity contribution in [3.63, 3.8) is 0 Å². The minimum absolute atomic E-state index is 0.0604. The van der Waals surface area contributed by atoms with Gasteiger partial charge in [0, 0.05) is 17.7 Å². The first-order chi connectivity index (χ1) is 8.27. The highest BCUT2D eigenvalue weighted by molar-refractivity contribution is 5.45. The molecule has 1 atom stereocenters. The third kappa shape index (κ3) is 3.29. The van der Waals surface area contributed by atoms with Crippen molar-refractivity contribution in [1.29, 1.82) is 0 Å². The van der Waals surface area contributed by atoms with Crippen molar-refractivity contribution in [2.75, 3.05) is 7.05 Å². The zero-order valence-electron chi connectivity index (χ0n) is 11.8. The van der Waals surface area contributed by atoms with Crippen molar-refractivity contribution < 1.29 is 4.92 Å². The SMILES string of the molecule is CNC(Cc1c(C)cccc1[N+](=O)[O-])C(C)(C)C. The van der Waals surface area contributed by atoms with Crippen LogP contribution in [0.15, 0.2) is 18.2 Å². The topological polar surface area (TPSA) is 55.2 Å². The van der Waals surface area contributed by atoms with Gasteiger partial charge in [-0.25, -0.2) is 0 Å². The highest BCUT2D eigenvalue weighted by atomic mass is 16.6. The molecular formula is C14H22N2O2. The Labute approximate surface area is 109 Å². The largest absolute Gasteiger partial charge is 0.316 e. The lowest BCUT2D eigenvalue weighted by Gasteiger charge is -2.30. The van der Waals surface area contributed by atoms with Crippen LogP contribution in [-0.2, 0) is 6.42 Å². The fourth-order valence-electron chi connectivity index (χ4n) is 2.17. The van der Waals surface area contributed by atoms with Crippen LogP contribution < -0.4 is 5.32 Å². The summed E-state index contributed by atoms with van der Waals surface area (Å²) in [6, 6.07) is 5.45. The van der Waals surface area contributed by atoms with E-state index in [9.17, 15) is 10.1 Å². The third-order valence-corrected chi connectivity index (χ3v) is 3.38. The number of nitro groups is 1. The molecule has 0 aliphatic carbocycles. The Bertz CT molecular complexity index is 436. The van der Waals surface area contributed by atoms with Gasteiger partial charge >= 0.3 is 0 Å². The molecule has 100 valence electrons. The van der Waals surface area contributed by atoms with E-state index in [0.717, 1.165) is 11.1 Å². The van der Waals surface area contributed by atoms with E-state index >= 15 is 0 Å². The van der Waals surface area contributed by atoms with Crippen LogP contribution in [0.2, 0.25) is 0 Å². The first-order valence-corrected chi connectivity index (χ1v) is 6.17. The Morgan fingerprint density at radius 3 is 2.44 bits per heavy atom. The normalized spacial score (nSPS) is 13.4. The number of likely N-dealkylation sites (N-methyl/N-ethyl adjacent to an activating group) is 1. The summed E-state index contributed by atoms with van der Waals surface area (Å²) in [6.45, 7) is 8.34. The van der Waals surface area contributed by atoms with Gasteiger partial charge in [0.25, 0.3) is 5.69 Å². The van der Waals surface area contributed by atoms with E-state index in [1.165, 1.54) is 0 Å². The molecule has 4 nitrogen and oxygen atoms in total. The molecule has 0 amide bonds. The molecule has 18 heavy (non-hydrogen) atoms. The Balaban J connectivity index is 3.13. The van der Waals surface area contributed by atoms with E-state index < -0.39 is 0 Å². The highest BCUT2D eigenvalue weighted by Gasteiger charge is 2.26. The lowest BCUT2D eigenvalue weighted by Crippen LogP contribution is -2.40. The average molecular weight is 250 g/mol. The number of benzene rings is 1. The fourth-order valence-corrected chi connectivity index (χ4v) is 2.17. The Morgan fingerprint density at radius 2 is 2.00 bits per heavy atom. The van der Waals surface area contributed by atoms with Gasteiger partial charge in [0.1, 0.15) is 0 Å². The molecule has 1 aromatic rings. The van der Waals surface area contributed by atoms with E-state index in [1.54, 1.807) is 12.1 Å². The highest BCUT2D eigenvalue weighted by Crippen LogP contribution is 2.28. The molecule has 0 aliphatic rings. The molecule has 0 radical (unpaired) electrons. The van der Waals surface area contributed by atoms with E-state index in [0.29, 0.717) is 6.42 Å². The van der Waals surface area contributed by atoms with Gasteiger partial charge in [-0.2, -0.15) is 0 Å². The van der Waals surface area contributed by atoms with Gasteiger partial charge in [-0.3, -0.25) is 10.1 Å². The number of nitro benzene ring substituents is 1. The molecule has 0 fully saturated rings. The molecule has 1 rings (SSSR count). The predicted octanol–water partition coefficient (Wildman–Crippen LogP) is 3.08. The lowest BCUT2D eigenvalue weighted by molar-refractivity contribution is -0.385. The van der Waals surface area contributed by atoms with Crippen LogP contribution >= 0.6 is 0 Å². The molecular weight excluding hydrogens is 228 g/mol. The molecule has 4 heteroatoms. The molecule has 0 spiro atoms. The van der Waals surface area contributed by atoms with Crippen LogP contribution in [0, 0.1) is 22.5 Å². The number of rotatable bonds is 4. The van der Waals surface area contributed by atoms with Crippen LogP contribution in [0.3, 0.4) is 0 Å². The monoisotopic (exact) mass is 250 g/mol. The molecule has 0 aromatic heterocycles. The first kappa shape index (κ1) is 14.6. The van der Waals surface area contributed by atoms with Crippen LogP contribution in [-0.4, -0.2) is 18.0 Å². The number of hydrogen-bond acceptors (Lipinski definition) is 3. The first-order valence-electron chi connectivity index (χ1n) is 6.17. The predicted molar refractivity (Wildman–Crippen MR) is 73.8 cm³/mol. The second-order valence-electron chi connectivity index (χ2n) is 5.74. The standard InChI is InChI=1S/C14H22N2O2/c1-10-7-6-8-12(16(17)18)11(10)9-13(15-5)14(2,3)4/h6-8,13,15H,9H2,1-5H3. The summed E-state index contributed by atoms with van der Waals surface area (Å²) < 4.78 is 0. The van der Waals surface area contributed by atoms with Gasteiger partial charge in [0.2, 0.25) is 0 Å². The van der Waals surface area contributed by atoms with Gasteiger partial charge in [0.15, 0.2) is 0 Å². The number of nitrogens with one attached hydrogen (secondary N) is 1. The summed E-state index contributed by atoms with van der Waals surface area (Å²) in [5.74, 6) is 0. The summed E-state index contributed by atoms with van der Waals surface area (Å²) in [6.07, 6.45) is 0.670. The molecule has 0 saturated carbocycles. The van der Waals surface area contributed by atoms with E-state index in [2.05, 4.69) is 26.1 Å².